The quantitative estimate of drug-likeness (QED) is 0.212. The topological polar surface area (TPSA) is 142 Å². The Morgan fingerprint density at radius 2 is 1.84 bits per heavy atom. The van der Waals surface area contributed by atoms with Crippen LogP contribution in [0.3, 0.4) is 0 Å². The standard InChI is InChI=1S/C25H23BrCl2N2O8/c1-38-15-4-2-3-13(19(15)33)18-11-5-6-12-17(21(35)29(20(12)34)8-7-16(31)32)14(11)9-24(27)22(36)30(10-26)23(37)25(18,24)28/h2-5,12,14,17-18,33H,6-10H2,1H3,(H,31,32). The number of aliphatic carboxylic acids is 1. The van der Waals surface area contributed by atoms with E-state index in [0.717, 1.165) is 9.80 Å². The molecule has 5 rings (SSSR count). The number of imide groups is 2. The van der Waals surface area contributed by atoms with E-state index in [1.54, 1.807) is 18.2 Å². The number of carbonyl (C=O) groups is 5. The van der Waals surface area contributed by atoms with Gasteiger partial charge in [0.25, 0.3) is 11.8 Å². The molecule has 0 bridgehead atoms. The Morgan fingerprint density at radius 1 is 1.13 bits per heavy atom. The average Bonchev–Trinajstić information content (AvgIpc) is 3.21. The molecule has 2 aliphatic heterocycles. The number of aromatic hydroxyl groups is 1. The van der Waals surface area contributed by atoms with Gasteiger partial charge >= 0.3 is 5.97 Å². The van der Waals surface area contributed by atoms with Crippen LogP contribution >= 0.6 is 39.1 Å². The minimum atomic E-state index is -2.05. The maximum Gasteiger partial charge on any atom is 0.305 e. The molecule has 0 aromatic heterocycles. The van der Waals surface area contributed by atoms with Gasteiger partial charge in [0.05, 0.1) is 30.8 Å². The molecule has 10 nitrogen and oxygen atoms in total. The van der Waals surface area contributed by atoms with Crippen LogP contribution in [0.2, 0.25) is 0 Å². The molecule has 1 aromatic rings. The fourth-order valence-electron chi connectivity index (χ4n) is 6.53. The summed E-state index contributed by atoms with van der Waals surface area (Å²) in [4.78, 5) is 62.9. The number of rotatable bonds is 6. The first-order valence-corrected chi connectivity index (χ1v) is 13.7. The molecule has 4 aliphatic rings. The van der Waals surface area contributed by atoms with E-state index in [2.05, 4.69) is 15.9 Å². The third-order valence-electron chi connectivity index (χ3n) is 8.22. The van der Waals surface area contributed by atoms with Crippen LogP contribution in [-0.2, 0) is 24.0 Å². The predicted octanol–water partition coefficient (Wildman–Crippen LogP) is 2.59. The number of benzene rings is 1. The second-order valence-corrected chi connectivity index (χ2v) is 11.6. The van der Waals surface area contributed by atoms with Crippen LogP contribution in [0.5, 0.6) is 11.5 Å². The van der Waals surface area contributed by atoms with E-state index in [0.29, 0.717) is 5.57 Å². The van der Waals surface area contributed by atoms with Crippen LogP contribution in [0, 0.1) is 17.8 Å². The summed E-state index contributed by atoms with van der Waals surface area (Å²) in [6.07, 6.45) is 1.26. The predicted molar refractivity (Wildman–Crippen MR) is 137 cm³/mol. The normalized spacial score (nSPS) is 34.2. The zero-order valence-corrected chi connectivity index (χ0v) is 23.1. The summed E-state index contributed by atoms with van der Waals surface area (Å²) >= 11 is 17.4. The first-order chi connectivity index (χ1) is 17.9. The maximum absolute atomic E-state index is 13.7. The number of fused-ring (bicyclic) bond motifs is 4. The van der Waals surface area contributed by atoms with Crippen molar-refractivity contribution >= 4 is 68.7 Å². The van der Waals surface area contributed by atoms with Gasteiger partial charge in [-0.05, 0) is 24.8 Å². The Hall–Kier alpha value is -2.63. The molecule has 0 spiro atoms. The molecule has 2 heterocycles. The minimum absolute atomic E-state index is 0.112. The molecule has 6 atom stereocenters. The van der Waals surface area contributed by atoms with Gasteiger partial charge in [-0.3, -0.25) is 33.8 Å². The third kappa shape index (κ3) is 3.40. The maximum atomic E-state index is 13.7. The third-order valence-corrected chi connectivity index (χ3v) is 10.1. The van der Waals surface area contributed by atoms with Crippen LogP contribution < -0.4 is 4.74 Å². The van der Waals surface area contributed by atoms with Gasteiger partial charge in [0, 0.05) is 18.0 Å². The molecule has 3 fully saturated rings. The number of methoxy groups -OCH3 is 1. The molecule has 2 N–H and O–H groups in total. The number of alkyl halides is 3. The first-order valence-electron chi connectivity index (χ1n) is 11.9. The summed E-state index contributed by atoms with van der Waals surface area (Å²) in [5, 5.41) is 20.2. The van der Waals surface area contributed by atoms with E-state index < -0.39 is 69.4 Å². The highest BCUT2D eigenvalue weighted by Gasteiger charge is 2.76. The Morgan fingerprint density at radius 3 is 2.47 bits per heavy atom. The summed E-state index contributed by atoms with van der Waals surface area (Å²) in [5.74, 6) is -7.47. The minimum Gasteiger partial charge on any atom is -0.504 e. The molecular formula is C25H23BrCl2N2O8. The second kappa shape index (κ2) is 9.24. The van der Waals surface area contributed by atoms with Gasteiger partial charge in [-0.15, -0.1) is 23.2 Å². The Bertz CT molecular complexity index is 1320. The van der Waals surface area contributed by atoms with Crippen molar-refractivity contribution in [3.8, 4) is 11.5 Å². The number of nitrogens with zero attached hydrogens (tertiary/aromatic N) is 2. The van der Waals surface area contributed by atoms with E-state index in [1.165, 1.54) is 13.2 Å². The molecule has 13 heteroatoms. The summed E-state index contributed by atoms with van der Waals surface area (Å²) in [6.45, 7) is -0.275. The van der Waals surface area contributed by atoms with Crippen LogP contribution in [0.15, 0.2) is 29.8 Å². The number of allylic oxidation sites excluding steroid dienone is 2. The van der Waals surface area contributed by atoms with Crippen molar-refractivity contribution < 1.29 is 38.9 Å². The lowest BCUT2D eigenvalue weighted by Crippen LogP contribution is -2.60. The molecule has 6 unspecified atom stereocenters. The number of carbonyl (C=O) groups excluding carboxylic acids is 4. The van der Waals surface area contributed by atoms with Gasteiger partial charge in [-0.2, -0.15) is 0 Å². The van der Waals surface area contributed by atoms with Crippen molar-refractivity contribution in [2.75, 3.05) is 19.1 Å². The number of halogens is 3. The van der Waals surface area contributed by atoms with Gasteiger partial charge in [0.15, 0.2) is 21.2 Å². The van der Waals surface area contributed by atoms with Crippen LogP contribution in [0.1, 0.15) is 30.7 Å². The van der Waals surface area contributed by atoms with Gasteiger partial charge in [-0.1, -0.05) is 39.7 Å². The number of phenols is 1. The van der Waals surface area contributed by atoms with Crippen molar-refractivity contribution in [3.63, 3.8) is 0 Å². The van der Waals surface area contributed by atoms with Crippen LogP contribution in [0.25, 0.3) is 0 Å². The number of carboxylic acid groups (broad SMARTS) is 1. The molecule has 2 aliphatic carbocycles. The Kier molecular flexibility index (Phi) is 6.55. The number of para-hydroxylation sites is 1. The van der Waals surface area contributed by atoms with E-state index in [1.807, 2.05) is 0 Å². The van der Waals surface area contributed by atoms with Gasteiger partial charge in [-0.25, -0.2) is 0 Å². The van der Waals surface area contributed by atoms with Gasteiger partial charge in [0.2, 0.25) is 11.8 Å². The fraction of sp³-hybridized carbons (Fsp3) is 0.480. The number of likely N-dealkylation sites (tertiary alicyclic amines) is 2. The van der Waals surface area contributed by atoms with E-state index in [9.17, 15) is 29.1 Å². The molecule has 4 amide bonds. The molecule has 38 heavy (non-hydrogen) atoms. The van der Waals surface area contributed by atoms with Crippen LogP contribution in [-0.4, -0.2) is 78.5 Å². The average molecular weight is 630 g/mol. The monoisotopic (exact) mass is 628 g/mol. The molecule has 2 saturated heterocycles. The summed E-state index contributed by atoms with van der Waals surface area (Å²) in [6, 6.07) is 4.67. The van der Waals surface area contributed by atoms with Crippen LogP contribution in [0.4, 0.5) is 0 Å². The highest BCUT2D eigenvalue weighted by Crippen LogP contribution is 2.66. The molecule has 202 valence electrons. The number of phenolic OH excluding ortho intramolecular Hbond substituents is 1. The van der Waals surface area contributed by atoms with Gasteiger partial charge < -0.3 is 14.9 Å². The highest BCUT2D eigenvalue weighted by atomic mass is 79.9. The van der Waals surface area contributed by atoms with E-state index in [-0.39, 0.29) is 41.9 Å². The fourth-order valence-corrected chi connectivity index (χ4v) is 7.95. The largest absolute Gasteiger partial charge is 0.504 e. The van der Waals surface area contributed by atoms with Crippen molar-refractivity contribution in [3.05, 3.63) is 35.4 Å². The van der Waals surface area contributed by atoms with E-state index >= 15 is 0 Å². The number of amides is 4. The van der Waals surface area contributed by atoms with Crippen molar-refractivity contribution in [2.24, 2.45) is 17.8 Å². The number of ether oxygens (including phenoxy) is 1. The van der Waals surface area contributed by atoms with Crippen molar-refractivity contribution in [1.29, 1.82) is 0 Å². The smallest absolute Gasteiger partial charge is 0.305 e. The van der Waals surface area contributed by atoms with Gasteiger partial charge in [0.1, 0.15) is 0 Å². The lowest BCUT2D eigenvalue weighted by atomic mass is 9.56. The van der Waals surface area contributed by atoms with Crippen molar-refractivity contribution in [1.82, 2.24) is 9.80 Å². The summed E-state index contributed by atoms with van der Waals surface area (Å²) < 4.78 is 5.26. The SMILES string of the molecule is COc1cccc(C2C3=CCC4C(=O)N(CCC(=O)O)C(=O)C4C3CC3(Cl)C(=O)N(CBr)C(=O)C23Cl)c1O. The lowest BCUT2D eigenvalue weighted by molar-refractivity contribution is -0.143. The number of hydrogen-bond donors (Lipinski definition) is 2. The lowest BCUT2D eigenvalue weighted by Gasteiger charge is -2.50. The zero-order valence-electron chi connectivity index (χ0n) is 20.0. The molecule has 0 radical (unpaired) electrons. The first kappa shape index (κ1) is 27.0. The Balaban J connectivity index is 1.69. The summed E-state index contributed by atoms with van der Waals surface area (Å²) in [5.41, 5.74) is 0.538. The van der Waals surface area contributed by atoms with E-state index in [4.69, 9.17) is 33.0 Å². The van der Waals surface area contributed by atoms with Crippen molar-refractivity contribution in [2.45, 2.75) is 34.9 Å². The highest BCUT2D eigenvalue weighted by molar-refractivity contribution is 9.09. The molecule has 1 aromatic carbocycles. The Labute approximate surface area is 235 Å². The number of hydrogen-bond acceptors (Lipinski definition) is 7. The summed E-state index contributed by atoms with van der Waals surface area (Å²) in [7, 11) is 1.36. The second-order valence-electron chi connectivity index (χ2n) is 9.86. The molecular weight excluding hydrogens is 607 g/mol. The zero-order chi connectivity index (χ0) is 27.7. The number of carboxylic acids is 1. The molecule has 1 saturated carbocycles.